The van der Waals surface area contributed by atoms with E-state index >= 15 is 0 Å². The molecule has 0 bridgehead atoms. The summed E-state index contributed by atoms with van der Waals surface area (Å²) in [6, 6.07) is 3.28. The summed E-state index contributed by atoms with van der Waals surface area (Å²) in [5.74, 6) is 0. The van der Waals surface area contributed by atoms with Crippen LogP contribution >= 0.6 is 0 Å². The van der Waals surface area contributed by atoms with Crippen molar-refractivity contribution in [1.82, 2.24) is 0 Å². The molecule has 0 unspecified atom stereocenters. The molecule has 0 spiro atoms. The summed E-state index contributed by atoms with van der Waals surface area (Å²) >= 11 is 0. The Morgan fingerprint density at radius 3 is 2.25 bits per heavy atom. The standard InChI is InChI=1S/C6H8N2O2S.ClH/c1-11(9,10)8-6-2-4-7-5-3-6;/h2-5H,1H3,(H,7,8);1H. The molecule has 0 aliphatic rings. The van der Waals surface area contributed by atoms with Gasteiger partial charge in [0.1, 0.15) is 0 Å². The molecule has 0 radical (unpaired) electrons. The molecule has 0 aliphatic heterocycles. The SMILES string of the molecule is CS(=O)(=O)Nc1cc[nH+]cc1.[Cl-]. The highest BCUT2D eigenvalue weighted by atomic mass is 35.5. The summed E-state index contributed by atoms with van der Waals surface area (Å²) in [4.78, 5) is 2.78. The average molecular weight is 209 g/mol. The van der Waals surface area contributed by atoms with Gasteiger partial charge in [-0.05, 0) is 0 Å². The molecule has 0 amide bonds. The van der Waals surface area contributed by atoms with Crippen LogP contribution in [0.4, 0.5) is 5.69 Å². The quantitative estimate of drug-likeness (QED) is 0.559. The number of sulfonamides is 1. The first-order chi connectivity index (χ1) is 5.08. The minimum Gasteiger partial charge on any atom is -1.00 e. The molecule has 0 fully saturated rings. The van der Waals surface area contributed by atoms with Gasteiger partial charge in [0.05, 0.1) is 11.9 Å². The Labute approximate surface area is 77.5 Å². The maximum Gasteiger partial charge on any atom is 0.229 e. The molecule has 12 heavy (non-hydrogen) atoms. The van der Waals surface area contributed by atoms with Crippen molar-refractivity contribution < 1.29 is 25.8 Å². The fourth-order valence-corrected chi connectivity index (χ4v) is 1.23. The second kappa shape index (κ2) is 4.27. The van der Waals surface area contributed by atoms with Crippen LogP contribution in [0.15, 0.2) is 24.5 Å². The van der Waals surface area contributed by atoms with Gasteiger partial charge in [0.15, 0.2) is 12.4 Å². The zero-order valence-corrected chi connectivity index (χ0v) is 7.98. The fourth-order valence-electron chi connectivity index (χ4n) is 0.669. The normalized spacial score (nSPS) is 10.1. The molecule has 0 saturated carbocycles. The van der Waals surface area contributed by atoms with Gasteiger partial charge in [-0.2, -0.15) is 0 Å². The summed E-state index contributed by atoms with van der Waals surface area (Å²) in [6.07, 6.45) is 4.41. The molecule has 6 heteroatoms. The molecule has 0 atom stereocenters. The van der Waals surface area contributed by atoms with Crippen molar-refractivity contribution in [2.24, 2.45) is 0 Å². The van der Waals surface area contributed by atoms with E-state index in [9.17, 15) is 8.42 Å². The van der Waals surface area contributed by atoms with E-state index < -0.39 is 10.0 Å². The van der Waals surface area contributed by atoms with Gasteiger partial charge in [-0.25, -0.2) is 13.4 Å². The van der Waals surface area contributed by atoms with Crippen molar-refractivity contribution in [3.05, 3.63) is 24.5 Å². The van der Waals surface area contributed by atoms with Gasteiger partial charge in [0.2, 0.25) is 10.0 Å². The number of halogens is 1. The van der Waals surface area contributed by atoms with Crippen LogP contribution < -0.4 is 22.1 Å². The van der Waals surface area contributed by atoms with Crippen molar-refractivity contribution in [1.29, 1.82) is 0 Å². The van der Waals surface area contributed by atoms with Crippen LogP contribution in [0.5, 0.6) is 0 Å². The third-order valence-corrected chi connectivity index (χ3v) is 1.63. The zero-order chi connectivity index (χ0) is 8.32. The Bertz CT molecular complexity index is 325. The Balaban J connectivity index is 0.00000121. The van der Waals surface area contributed by atoms with Crippen LogP contribution in [0.1, 0.15) is 0 Å². The van der Waals surface area contributed by atoms with Gasteiger partial charge < -0.3 is 12.4 Å². The number of hydrogen-bond acceptors (Lipinski definition) is 2. The number of hydrogen-bond donors (Lipinski definition) is 1. The monoisotopic (exact) mass is 208 g/mol. The van der Waals surface area contributed by atoms with E-state index in [0.29, 0.717) is 5.69 Å². The molecule has 68 valence electrons. The van der Waals surface area contributed by atoms with Crippen molar-refractivity contribution in [2.75, 3.05) is 11.0 Å². The molecule has 4 nitrogen and oxygen atoms in total. The van der Waals surface area contributed by atoms with Gasteiger partial charge in [0.25, 0.3) is 0 Å². The molecule has 0 saturated heterocycles. The first-order valence-electron chi connectivity index (χ1n) is 3.02. The predicted molar refractivity (Wildman–Crippen MR) is 41.5 cm³/mol. The van der Waals surface area contributed by atoms with E-state index in [2.05, 4.69) is 9.71 Å². The summed E-state index contributed by atoms with van der Waals surface area (Å²) < 4.78 is 23.7. The van der Waals surface area contributed by atoms with Crippen molar-refractivity contribution in [2.45, 2.75) is 0 Å². The number of anilines is 1. The lowest BCUT2D eigenvalue weighted by Crippen LogP contribution is -3.00. The number of rotatable bonds is 2. The Hall–Kier alpha value is -0.810. The van der Waals surface area contributed by atoms with Gasteiger partial charge in [-0.1, -0.05) is 0 Å². The molecular weight excluding hydrogens is 200 g/mol. The summed E-state index contributed by atoms with van der Waals surface area (Å²) in [5, 5.41) is 0. The Morgan fingerprint density at radius 1 is 1.33 bits per heavy atom. The van der Waals surface area contributed by atoms with Crippen LogP contribution in [-0.2, 0) is 10.0 Å². The molecular formula is C6H9ClN2O2S. The third kappa shape index (κ3) is 4.15. The van der Waals surface area contributed by atoms with Crippen molar-refractivity contribution >= 4 is 15.7 Å². The lowest BCUT2D eigenvalue weighted by Gasteiger charge is -1.99. The molecule has 1 aromatic heterocycles. The topological polar surface area (TPSA) is 60.3 Å². The van der Waals surface area contributed by atoms with E-state index in [-0.39, 0.29) is 12.4 Å². The first-order valence-corrected chi connectivity index (χ1v) is 4.91. The number of aromatic nitrogens is 1. The summed E-state index contributed by atoms with van der Waals surface area (Å²) in [6.45, 7) is 0. The van der Waals surface area contributed by atoms with Crippen molar-refractivity contribution in [3.63, 3.8) is 0 Å². The minimum absolute atomic E-state index is 0. The van der Waals surface area contributed by atoms with E-state index in [1.165, 1.54) is 0 Å². The van der Waals surface area contributed by atoms with E-state index in [1.54, 1.807) is 24.5 Å². The molecule has 2 N–H and O–H groups in total. The average Bonchev–Trinajstić information content (AvgIpc) is 1.85. The molecule has 0 aromatic carbocycles. The molecule has 0 aliphatic carbocycles. The highest BCUT2D eigenvalue weighted by molar-refractivity contribution is 7.92. The van der Waals surface area contributed by atoms with Gasteiger partial charge in [-0.3, -0.25) is 4.72 Å². The largest absolute Gasteiger partial charge is 1.00 e. The van der Waals surface area contributed by atoms with E-state index in [0.717, 1.165) is 6.26 Å². The number of pyridine rings is 1. The predicted octanol–water partition coefficient (Wildman–Crippen LogP) is -3.12. The van der Waals surface area contributed by atoms with Crippen LogP contribution in [0.2, 0.25) is 0 Å². The zero-order valence-electron chi connectivity index (χ0n) is 6.41. The Morgan fingerprint density at radius 2 is 1.83 bits per heavy atom. The van der Waals surface area contributed by atoms with Crippen LogP contribution in [0, 0.1) is 0 Å². The molecule has 1 aromatic rings. The third-order valence-electron chi connectivity index (χ3n) is 1.02. The van der Waals surface area contributed by atoms with Crippen LogP contribution in [0.3, 0.4) is 0 Å². The summed E-state index contributed by atoms with van der Waals surface area (Å²) in [7, 11) is -3.14. The fraction of sp³-hybridized carbons (Fsp3) is 0.167. The van der Waals surface area contributed by atoms with Crippen LogP contribution in [0.25, 0.3) is 0 Å². The maximum atomic E-state index is 10.7. The molecule has 1 rings (SSSR count). The second-order valence-corrected chi connectivity index (χ2v) is 3.91. The Kier molecular flexibility index (Phi) is 3.99. The highest BCUT2D eigenvalue weighted by Gasteiger charge is 2.00. The number of nitrogens with one attached hydrogen (secondary N) is 2. The smallest absolute Gasteiger partial charge is 0.229 e. The van der Waals surface area contributed by atoms with E-state index in [4.69, 9.17) is 0 Å². The number of H-pyrrole nitrogens is 1. The molecule has 1 heterocycles. The number of aromatic amines is 1. The van der Waals surface area contributed by atoms with Crippen LogP contribution in [-0.4, -0.2) is 14.7 Å². The van der Waals surface area contributed by atoms with Crippen molar-refractivity contribution in [3.8, 4) is 0 Å². The lowest BCUT2D eigenvalue weighted by atomic mass is 10.4. The van der Waals surface area contributed by atoms with Gasteiger partial charge in [-0.15, -0.1) is 0 Å². The van der Waals surface area contributed by atoms with Gasteiger partial charge in [0, 0.05) is 12.1 Å². The minimum atomic E-state index is -3.14. The van der Waals surface area contributed by atoms with E-state index in [1.807, 2.05) is 0 Å². The highest BCUT2D eigenvalue weighted by Crippen LogP contribution is 2.02. The first kappa shape index (κ1) is 11.2. The second-order valence-electron chi connectivity index (χ2n) is 2.16. The lowest BCUT2D eigenvalue weighted by molar-refractivity contribution is -0.377. The summed E-state index contributed by atoms with van der Waals surface area (Å²) in [5.41, 5.74) is 0.561. The van der Waals surface area contributed by atoms with Gasteiger partial charge >= 0.3 is 0 Å². The maximum absolute atomic E-state index is 10.7.